The minimum atomic E-state index is -1.23. The third-order valence-electron chi connectivity index (χ3n) is 2.69. The lowest BCUT2D eigenvalue weighted by Crippen LogP contribution is -2.28. The largest absolute Gasteiger partial charge is 0.492 e. The maximum atomic E-state index is 10.7. The molecule has 3 N–H and O–H groups in total. The van der Waals surface area contributed by atoms with Gasteiger partial charge in [0.1, 0.15) is 5.75 Å². The van der Waals surface area contributed by atoms with E-state index in [4.69, 9.17) is 19.6 Å². The van der Waals surface area contributed by atoms with Gasteiger partial charge in [0.15, 0.2) is 6.61 Å². The van der Waals surface area contributed by atoms with E-state index in [1.807, 2.05) is 0 Å². The highest BCUT2D eigenvalue weighted by atomic mass is 16.5. The second kappa shape index (κ2) is 5.29. The zero-order chi connectivity index (χ0) is 14.0. The molecule has 1 atom stereocenters. The van der Waals surface area contributed by atoms with Crippen LogP contribution in [0.3, 0.4) is 0 Å². The molecule has 19 heavy (non-hydrogen) atoms. The van der Waals surface area contributed by atoms with Crippen molar-refractivity contribution in [2.24, 2.45) is 0 Å². The van der Waals surface area contributed by atoms with Gasteiger partial charge in [0.2, 0.25) is 0 Å². The van der Waals surface area contributed by atoms with Gasteiger partial charge in [-0.1, -0.05) is 6.07 Å². The molecule has 0 spiro atoms. The van der Waals surface area contributed by atoms with Crippen molar-refractivity contribution in [3.8, 4) is 5.75 Å². The van der Waals surface area contributed by atoms with Gasteiger partial charge in [-0.2, -0.15) is 0 Å². The molecule has 100 valence electrons. The maximum Gasteiger partial charge on any atom is 0.492 e. The molecule has 0 aromatic heterocycles. The second-order valence-corrected chi connectivity index (χ2v) is 4.05. The van der Waals surface area contributed by atoms with Gasteiger partial charge in [0, 0.05) is 0 Å². The molecule has 7 nitrogen and oxygen atoms in total. The Bertz CT molecular complexity index is 516. The molecule has 1 unspecified atom stereocenters. The molecular formula is C11H11BO7. The normalized spacial score (nSPS) is 17.1. The van der Waals surface area contributed by atoms with E-state index in [2.05, 4.69) is 0 Å². The molecule has 1 aromatic carbocycles. The lowest BCUT2D eigenvalue weighted by Gasteiger charge is -2.09. The van der Waals surface area contributed by atoms with Gasteiger partial charge >= 0.3 is 19.1 Å². The molecule has 8 heteroatoms. The predicted molar refractivity (Wildman–Crippen MR) is 63.3 cm³/mol. The molecule has 0 radical (unpaired) electrons. The first-order chi connectivity index (χ1) is 8.97. The molecule has 0 bridgehead atoms. The summed E-state index contributed by atoms with van der Waals surface area (Å²) in [6.45, 7) is -0.492. The first kappa shape index (κ1) is 13.4. The number of carboxylic acid groups (broad SMARTS) is 2. The van der Waals surface area contributed by atoms with Crippen LogP contribution in [0.4, 0.5) is 0 Å². The Morgan fingerprint density at radius 3 is 2.68 bits per heavy atom. The molecule has 1 aromatic rings. The number of aliphatic carboxylic acids is 2. The zero-order valence-corrected chi connectivity index (χ0v) is 9.78. The van der Waals surface area contributed by atoms with Crippen molar-refractivity contribution < 1.29 is 34.2 Å². The summed E-state index contributed by atoms with van der Waals surface area (Å²) in [6.07, 6.45) is -0.963. The first-order valence-corrected chi connectivity index (χ1v) is 5.51. The molecule has 0 aliphatic carbocycles. The minimum absolute atomic E-state index is 0.251. The lowest BCUT2D eigenvalue weighted by molar-refractivity contribution is -0.140. The smallest absolute Gasteiger partial charge is 0.482 e. The number of carboxylic acids is 2. The summed E-state index contributed by atoms with van der Waals surface area (Å²) < 4.78 is 10.1. The average Bonchev–Trinajstić information content (AvgIpc) is 2.63. The highest BCUT2D eigenvalue weighted by molar-refractivity contribution is 6.61. The summed E-state index contributed by atoms with van der Waals surface area (Å²) in [5.74, 6) is -1.86. The number of hydrogen-bond donors (Lipinski definition) is 3. The van der Waals surface area contributed by atoms with Crippen LogP contribution in [0.5, 0.6) is 5.75 Å². The molecule has 2 rings (SSSR count). The van der Waals surface area contributed by atoms with E-state index in [1.54, 1.807) is 6.07 Å². The van der Waals surface area contributed by atoms with Gasteiger partial charge in [0.05, 0.1) is 12.5 Å². The maximum absolute atomic E-state index is 10.7. The van der Waals surface area contributed by atoms with Gasteiger partial charge in [0.25, 0.3) is 0 Å². The topological polar surface area (TPSA) is 113 Å². The quantitative estimate of drug-likeness (QED) is 0.609. The van der Waals surface area contributed by atoms with Gasteiger partial charge in [-0.15, -0.1) is 0 Å². The Morgan fingerprint density at radius 1 is 1.32 bits per heavy atom. The molecule has 0 saturated heterocycles. The van der Waals surface area contributed by atoms with Gasteiger partial charge in [-0.25, -0.2) is 4.79 Å². The van der Waals surface area contributed by atoms with Crippen LogP contribution < -0.4 is 10.2 Å². The summed E-state index contributed by atoms with van der Waals surface area (Å²) >= 11 is 0. The molecule has 0 amide bonds. The van der Waals surface area contributed by atoms with E-state index in [-0.39, 0.29) is 12.2 Å². The average molecular weight is 266 g/mol. The van der Waals surface area contributed by atoms with Crippen molar-refractivity contribution >= 4 is 24.5 Å². The van der Waals surface area contributed by atoms with Crippen molar-refractivity contribution in [3.63, 3.8) is 0 Å². The van der Waals surface area contributed by atoms with E-state index in [0.29, 0.717) is 11.0 Å². The van der Waals surface area contributed by atoms with Crippen LogP contribution in [0.2, 0.25) is 0 Å². The summed E-state index contributed by atoms with van der Waals surface area (Å²) in [5.41, 5.74) is 0.965. The number of benzene rings is 1. The second-order valence-electron chi connectivity index (χ2n) is 4.05. The Morgan fingerprint density at radius 2 is 2.05 bits per heavy atom. The molecular weight excluding hydrogens is 255 g/mol. The third kappa shape index (κ3) is 3.04. The summed E-state index contributed by atoms with van der Waals surface area (Å²) in [7, 11) is -1.23. The van der Waals surface area contributed by atoms with Gasteiger partial charge in [-0.05, 0) is 23.2 Å². The Kier molecular flexibility index (Phi) is 3.73. The summed E-state index contributed by atoms with van der Waals surface area (Å²) in [4.78, 5) is 21.0. The monoisotopic (exact) mass is 266 g/mol. The molecule has 1 heterocycles. The number of hydrogen-bond acceptors (Lipinski definition) is 5. The number of carbonyl (C=O) groups is 2. The SMILES string of the molecule is O=C(O)COc1ccc2c(c1)B(O)OC2CC(=O)O. The number of rotatable bonds is 5. The van der Waals surface area contributed by atoms with Crippen molar-refractivity contribution in [3.05, 3.63) is 23.8 Å². The van der Waals surface area contributed by atoms with Crippen molar-refractivity contribution in [1.29, 1.82) is 0 Å². The standard InChI is InChI=1S/C11H11BO7/c13-10(14)4-9-7-2-1-6(18-5-11(15)16)3-8(7)12(17)19-9/h1-3,9,17H,4-5H2,(H,13,14)(H,15,16). The lowest BCUT2D eigenvalue weighted by atomic mass is 9.79. The van der Waals surface area contributed by atoms with Gasteiger partial charge < -0.3 is 24.6 Å². The van der Waals surface area contributed by atoms with Crippen LogP contribution in [-0.4, -0.2) is 40.9 Å². The van der Waals surface area contributed by atoms with E-state index < -0.39 is 31.8 Å². The van der Waals surface area contributed by atoms with Crippen LogP contribution in [0, 0.1) is 0 Å². The number of ether oxygens (including phenoxy) is 1. The third-order valence-corrected chi connectivity index (χ3v) is 2.69. The number of fused-ring (bicyclic) bond motifs is 1. The van der Waals surface area contributed by atoms with Crippen molar-refractivity contribution in [1.82, 2.24) is 0 Å². The predicted octanol–water partition coefficient (Wildman–Crippen LogP) is -0.617. The Hall–Kier alpha value is -2.06. The summed E-state index contributed by atoms with van der Waals surface area (Å²) in [6, 6.07) is 4.53. The van der Waals surface area contributed by atoms with Crippen molar-refractivity contribution in [2.75, 3.05) is 6.61 Å². The Balaban J connectivity index is 2.18. The van der Waals surface area contributed by atoms with E-state index in [1.165, 1.54) is 12.1 Å². The van der Waals surface area contributed by atoms with E-state index >= 15 is 0 Å². The Labute approximate surface area is 108 Å². The molecule has 1 aliphatic heterocycles. The molecule has 1 aliphatic rings. The fourth-order valence-corrected chi connectivity index (χ4v) is 1.91. The molecule has 0 saturated carbocycles. The van der Waals surface area contributed by atoms with Crippen LogP contribution >= 0.6 is 0 Å². The highest BCUT2D eigenvalue weighted by Gasteiger charge is 2.36. The van der Waals surface area contributed by atoms with Crippen LogP contribution in [-0.2, 0) is 14.2 Å². The van der Waals surface area contributed by atoms with E-state index in [9.17, 15) is 14.6 Å². The molecule has 0 fully saturated rings. The van der Waals surface area contributed by atoms with E-state index in [0.717, 1.165) is 0 Å². The summed E-state index contributed by atoms with van der Waals surface area (Å²) in [5, 5.41) is 26.9. The zero-order valence-electron chi connectivity index (χ0n) is 9.78. The van der Waals surface area contributed by atoms with Crippen LogP contribution in [0.15, 0.2) is 18.2 Å². The van der Waals surface area contributed by atoms with Crippen LogP contribution in [0.1, 0.15) is 18.1 Å². The van der Waals surface area contributed by atoms with Crippen molar-refractivity contribution in [2.45, 2.75) is 12.5 Å². The first-order valence-electron chi connectivity index (χ1n) is 5.51. The highest BCUT2D eigenvalue weighted by Crippen LogP contribution is 2.28. The minimum Gasteiger partial charge on any atom is -0.482 e. The fraction of sp³-hybridized carbons (Fsp3) is 0.273. The van der Waals surface area contributed by atoms with Crippen LogP contribution in [0.25, 0.3) is 0 Å². The van der Waals surface area contributed by atoms with Gasteiger partial charge in [-0.3, -0.25) is 4.79 Å². The fourth-order valence-electron chi connectivity index (χ4n) is 1.91.